The zero-order chi connectivity index (χ0) is 13.1. The first-order chi connectivity index (χ1) is 8.71. The highest BCUT2D eigenvalue weighted by Gasteiger charge is 2.22. The topological polar surface area (TPSA) is 48.6 Å². The summed E-state index contributed by atoms with van der Waals surface area (Å²) in [6.07, 6.45) is 3.55. The third-order valence-electron chi connectivity index (χ3n) is 2.44. The van der Waals surface area contributed by atoms with Crippen molar-refractivity contribution in [3.63, 3.8) is 0 Å². The number of ether oxygens (including phenoxy) is 2. The number of fused-ring (bicyclic) bond motifs is 1. The standard InChI is InChI=1S/C12H14NO4S/c1-4-17-12(14)11-10(15-2)8-5-6-13(16-3)7-9(8)18-11/h5-7H,4H2,1-3H3/q+1. The number of hydrogen-bond acceptors (Lipinski definition) is 5. The van der Waals surface area contributed by atoms with Crippen molar-refractivity contribution in [1.82, 2.24) is 0 Å². The van der Waals surface area contributed by atoms with E-state index >= 15 is 0 Å². The van der Waals surface area contributed by atoms with E-state index in [9.17, 15) is 4.79 Å². The molecule has 2 aromatic rings. The number of carbonyl (C=O) groups is 1. The molecule has 0 aromatic carbocycles. The normalized spacial score (nSPS) is 10.4. The lowest BCUT2D eigenvalue weighted by molar-refractivity contribution is -0.884. The number of aromatic nitrogens is 1. The number of rotatable bonds is 4. The number of esters is 1. The summed E-state index contributed by atoms with van der Waals surface area (Å²) in [5.41, 5.74) is 0. The Morgan fingerprint density at radius 1 is 1.44 bits per heavy atom. The summed E-state index contributed by atoms with van der Waals surface area (Å²) < 4.78 is 12.8. The monoisotopic (exact) mass is 268 g/mol. The van der Waals surface area contributed by atoms with Crippen molar-refractivity contribution in [1.29, 1.82) is 0 Å². The van der Waals surface area contributed by atoms with Gasteiger partial charge in [0.25, 0.3) is 0 Å². The van der Waals surface area contributed by atoms with E-state index in [0.717, 1.165) is 10.1 Å². The molecule has 0 amide bonds. The molecule has 0 unspecified atom stereocenters. The molecule has 2 rings (SSSR count). The van der Waals surface area contributed by atoms with Crippen molar-refractivity contribution in [3.05, 3.63) is 23.3 Å². The highest BCUT2D eigenvalue weighted by atomic mass is 32.1. The van der Waals surface area contributed by atoms with Gasteiger partial charge in [-0.2, -0.15) is 0 Å². The maximum atomic E-state index is 11.8. The van der Waals surface area contributed by atoms with Crippen LogP contribution in [0.25, 0.3) is 10.1 Å². The van der Waals surface area contributed by atoms with Crippen molar-refractivity contribution in [3.8, 4) is 5.75 Å². The van der Waals surface area contributed by atoms with E-state index in [-0.39, 0.29) is 5.97 Å². The first kappa shape index (κ1) is 12.6. The van der Waals surface area contributed by atoms with Crippen LogP contribution in [0.5, 0.6) is 5.75 Å². The van der Waals surface area contributed by atoms with Gasteiger partial charge < -0.3 is 9.47 Å². The summed E-state index contributed by atoms with van der Waals surface area (Å²) in [6.45, 7) is 2.12. The Morgan fingerprint density at radius 2 is 2.22 bits per heavy atom. The molecule has 0 N–H and O–H groups in total. The number of nitrogens with zero attached hydrogens (tertiary/aromatic N) is 1. The minimum atomic E-state index is -0.362. The molecule has 5 nitrogen and oxygen atoms in total. The van der Waals surface area contributed by atoms with Gasteiger partial charge in [-0.05, 0) is 6.92 Å². The van der Waals surface area contributed by atoms with Crippen LogP contribution < -0.4 is 14.3 Å². The average molecular weight is 268 g/mol. The van der Waals surface area contributed by atoms with Crippen molar-refractivity contribution >= 4 is 27.4 Å². The fraction of sp³-hybridized carbons (Fsp3) is 0.333. The second-order valence-corrected chi connectivity index (χ2v) is 4.50. The van der Waals surface area contributed by atoms with Gasteiger partial charge in [-0.25, -0.2) is 4.79 Å². The Kier molecular flexibility index (Phi) is 3.66. The fourth-order valence-electron chi connectivity index (χ4n) is 1.65. The molecule has 0 aliphatic heterocycles. The van der Waals surface area contributed by atoms with E-state index in [1.807, 2.05) is 6.07 Å². The van der Waals surface area contributed by atoms with Gasteiger partial charge in [0.05, 0.1) is 13.7 Å². The summed E-state index contributed by atoms with van der Waals surface area (Å²) >= 11 is 1.33. The first-order valence-electron chi connectivity index (χ1n) is 5.44. The molecule has 6 heteroatoms. The quantitative estimate of drug-likeness (QED) is 0.622. The van der Waals surface area contributed by atoms with Gasteiger partial charge in [-0.1, -0.05) is 0 Å². The Morgan fingerprint density at radius 3 is 2.83 bits per heavy atom. The summed E-state index contributed by atoms with van der Waals surface area (Å²) in [6, 6.07) is 1.84. The molecule has 0 atom stereocenters. The predicted octanol–water partition coefficient (Wildman–Crippen LogP) is 1.43. The molecule has 18 heavy (non-hydrogen) atoms. The van der Waals surface area contributed by atoms with E-state index in [1.54, 1.807) is 38.3 Å². The summed E-state index contributed by atoms with van der Waals surface area (Å²) in [4.78, 5) is 17.4. The van der Waals surface area contributed by atoms with E-state index in [1.165, 1.54) is 11.3 Å². The third kappa shape index (κ3) is 2.11. The second-order valence-electron chi connectivity index (χ2n) is 3.45. The minimum absolute atomic E-state index is 0.342. The van der Waals surface area contributed by atoms with Crippen LogP contribution in [-0.2, 0) is 4.74 Å². The van der Waals surface area contributed by atoms with Crippen LogP contribution >= 0.6 is 11.3 Å². The van der Waals surface area contributed by atoms with Gasteiger partial charge in [0.2, 0.25) is 12.4 Å². The van der Waals surface area contributed by atoms with Crippen molar-refractivity contribution in [2.75, 3.05) is 20.8 Å². The molecular weight excluding hydrogens is 254 g/mol. The van der Waals surface area contributed by atoms with E-state index < -0.39 is 0 Å². The van der Waals surface area contributed by atoms with Gasteiger partial charge in [-0.15, -0.1) is 11.3 Å². The number of pyridine rings is 1. The number of thiophene rings is 1. The molecule has 0 aliphatic rings. The molecule has 0 fully saturated rings. The van der Waals surface area contributed by atoms with E-state index in [4.69, 9.17) is 14.3 Å². The summed E-state index contributed by atoms with van der Waals surface area (Å²) in [5, 5.41) is 0.874. The lowest BCUT2D eigenvalue weighted by Gasteiger charge is -2.02. The molecule has 0 saturated heterocycles. The average Bonchev–Trinajstić information content (AvgIpc) is 2.76. The largest absolute Gasteiger partial charge is 0.494 e. The first-order valence-corrected chi connectivity index (χ1v) is 6.26. The van der Waals surface area contributed by atoms with Crippen LogP contribution in [0.4, 0.5) is 0 Å². The maximum absolute atomic E-state index is 11.8. The van der Waals surface area contributed by atoms with Crippen molar-refractivity contribution < 1.29 is 23.8 Å². The Bertz CT molecular complexity index is 579. The SMILES string of the molecule is CCOC(=O)c1sc2c[n+](OC)ccc2c1OC. The minimum Gasteiger partial charge on any atom is -0.494 e. The molecule has 0 bridgehead atoms. The lowest BCUT2D eigenvalue weighted by Crippen LogP contribution is -2.39. The molecule has 96 valence electrons. The van der Waals surface area contributed by atoms with Crippen molar-refractivity contribution in [2.24, 2.45) is 0 Å². The van der Waals surface area contributed by atoms with Crippen molar-refractivity contribution in [2.45, 2.75) is 6.92 Å². The predicted molar refractivity (Wildman–Crippen MR) is 67.0 cm³/mol. The molecular formula is C12H14NO4S+. The third-order valence-corrected chi connectivity index (χ3v) is 3.54. The molecule has 0 aliphatic carbocycles. The van der Waals surface area contributed by atoms with Gasteiger partial charge in [0.15, 0.2) is 10.6 Å². The van der Waals surface area contributed by atoms with Crippen LogP contribution in [0, 0.1) is 0 Å². The second kappa shape index (κ2) is 5.22. The highest BCUT2D eigenvalue weighted by Crippen LogP contribution is 2.37. The Balaban J connectivity index is 2.56. The van der Waals surface area contributed by atoms with Crippen LogP contribution in [0.15, 0.2) is 18.5 Å². The zero-order valence-corrected chi connectivity index (χ0v) is 11.2. The smallest absolute Gasteiger partial charge is 0.352 e. The lowest BCUT2D eigenvalue weighted by atomic mass is 10.3. The van der Waals surface area contributed by atoms with Gasteiger partial charge >= 0.3 is 5.97 Å². The highest BCUT2D eigenvalue weighted by molar-refractivity contribution is 7.21. The van der Waals surface area contributed by atoms with Crippen LogP contribution in [-0.4, -0.2) is 26.8 Å². The van der Waals surface area contributed by atoms with Crippen LogP contribution in [0.1, 0.15) is 16.6 Å². The fourth-order valence-corrected chi connectivity index (χ4v) is 2.73. The number of methoxy groups -OCH3 is 1. The maximum Gasteiger partial charge on any atom is 0.352 e. The van der Waals surface area contributed by atoms with E-state index in [2.05, 4.69) is 0 Å². The number of hydrogen-bond donors (Lipinski definition) is 0. The van der Waals surface area contributed by atoms with Gasteiger partial charge in [-0.3, -0.25) is 4.84 Å². The number of carbonyl (C=O) groups excluding carboxylic acids is 1. The van der Waals surface area contributed by atoms with Crippen LogP contribution in [0.3, 0.4) is 0 Å². The van der Waals surface area contributed by atoms with Gasteiger partial charge in [0, 0.05) is 16.2 Å². The molecule has 0 spiro atoms. The Hall–Kier alpha value is -1.82. The van der Waals surface area contributed by atoms with E-state index in [0.29, 0.717) is 17.2 Å². The zero-order valence-electron chi connectivity index (χ0n) is 10.4. The molecule has 0 radical (unpaired) electrons. The molecule has 2 heterocycles. The summed E-state index contributed by atoms with van der Waals surface area (Å²) in [5.74, 6) is 0.191. The molecule has 0 saturated carbocycles. The summed E-state index contributed by atoms with van der Waals surface area (Å²) in [7, 11) is 3.12. The van der Waals surface area contributed by atoms with Gasteiger partial charge in [0.1, 0.15) is 11.8 Å². The molecule has 2 aromatic heterocycles. The Labute approximate surface area is 108 Å². The van der Waals surface area contributed by atoms with Crippen LogP contribution in [0.2, 0.25) is 0 Å².